The molecule has 0 bridgehead atoms. The standard InChI is InChI=1S/C12H22N2O5/c1-11(2,3)5-8(15)13-6-9(16)14-7-12(4,19)10(17)18/h19H,5-7H2,1-4H3,(H,13,15)(H,14,16)(H,17,18). The van der Waals surface area contributed by atoms with E-state index in [4.69, 9.17) is 5.11 Å². The van der Waals surface area contributed by atoms with Gasteiger partial charge in [0.1, 0.15) is 0 Å². The molecule has 110 valence electrons. The number of hydrogen-bond donors (Lipinski definition) is 4. The Kier molecular flexibility index (Phi) is 5.95. The minimum Gasteiger partial charge on any atom is -0.479 e. The maximum atomic E-state index is 11.4. The summed E-state index contributed by atoms with van der Waals surface area (Å²) in [5.41, 5.74) is -2.20. The lowest BCUT2D eigenvalue weighted by Crippen LogP contribution is -2.48. The Bertz CT molecular complexity index is 358. The van der Waals surface area contributed by atoms with Gasteiger partial charge in [0.25, 0.3) is 0 Å². The lowest BCUT2D eigenvalue weighted by molar-refractivity contribution is -0.156. The van der Waals surface area contributed by atoms with Crippen LogP contribution < -0.4 is 10.6 Å². The van der Waals surface area contributed by atoms with E-state index in [2.05, 4.69) is 10.6 Å². The molecule has 0 radical (unpaired) electrons. The Labute approximate surface area is 112 Å². The number of aliphatic hydroxyl groups is 1. The van der Waals surface area contributed by atoms with Gasteiger partial charge in [-0.25, -0.2) is 4.79 Å². The number of nitrogens with one attached hydrogen (secondary N) is 2. The van der Waals surface area contributed by atoms with Crippen molar-refractivity contribution in [1.82, 2.24) is 10.6 Å². The Morgan fingerprint density at radius 3 is 1.95 bits per heavy atom. The molecule has 0 aliphatic heterocycles. The van der Waals surface area contributed by atoms with Gasteiger partial charge in [0, 0.05) is 6.42 Å². The number of aliphatic carboxylic acids is 1. The van der Waals surface area contributed by atoms with Crippen LogP contribution in [0.5, 0.6) is 0 Å². The zero-order valence-electron chi connectivity index (χ0n) is 11.7. The van der Waals surface area contributed by atoms with Crippen LogP contribution in [-0.2, 0) is 14.4 Å². The molecule has 0 saturated heterocycles. The molecule has 2 amide bonds. The summed E-state index contributed by atoms with van der Waals surface area (Å²) in [4.78, 5) is 33.4. The van der Waals surface area contributed by atoms with Crippen molar-refractivity contribution in [2.75, 3.05) is 13.1 Å². The second-order valence-electron chi connectivity index (χ2n) is 5.87. The fourth-order valence-electron chi connectivity index (χ4n) is 1.13. The summed E-state index contributed by atoms with van der Waals surface area (Å²) in [7, 11) is 0. The van der Waals surface area contributed by atoms with E-state index in [9.17, 15) is 19.5 Å². The van der Waals surface area contributed by atoms with Gasteiger partial charge in [-0.15, -0.1) is 0 Å². The van der Waals surface area contributed by atoms with Crippen LogP contribution in [0.1, 0.15) is 34.1 Å². The monoisotopic (exact) mass is 274 g/mol. The van der Waals surface area contributed by atoms with Gasteiger partial charge in [-0.2, -0.15) is 0 Å². The van der Waals surface area contributed by atoms with E-state index in [0.717, 1.165) is 6.92 Å². The minimum atomic E-state index is -2.02. The van der Waals surface area contributed by atoms with Gasteiger partial charge in [-0.05, 0) is 12.3 Å². The average Bonchev–Trinajstić information content (AvgIpc) is 2.21. The third-order valence-electron chi connectivity index (χ3n) is 2.23. The molecule has 0 aromatic carbocycles. The molecule has 0 saturated carbocycles. The van der Waals surface area contributed by atoms with Crippen LogP contribution in [0.25, 0.3) is 0 Å². The molecule has 0 spiro atoms. The SMILES string of the molecule is CC(C)(C)CC(=O)NCC(=O)NCC(C)(O)C(=O)O. The molecule has 19 heavy (non-hydrogen) atoms. The van der Waals surface area contributed by atoms with Crippen LogP contribution in [0.2, 0.25) is 0 Å². The fraction of sp³-hybridized carbons (Fsp3) is 0.750. The molecule has 0 aromatic heterocycles. The third-order valence-corrected chi connectivity index (χ3v) is 2.23. The molecule has 0 fully saturated rings. The number of hydrogen-bond acceptors (Lipinski definition) is 4. The van der Waals surface area contributed by atoms with E-state index < -0.39 is 24.0 Å². The molecule has 1 atom stereocenters. The second-order valence-corrected chi connectivity index (χ2v) is 5.87. The van der Waals surface area contributed by atoms with Gasteiger partial charge in [0.2, 0.25) is 11.8 Å². The van der Waals surface area contributed by atoms with E-state index in [-0.39, 0.29) is 24.3 Å². The van der Waals surface area contributed by atoms with Crippen LogP contribution in [0.15, 0.2) is 0 Å². The Morgan fingerprint density at radius 1 is 1.00 bits per heavy atom. The van der Waals surface area contributed by atoms with E-state index in [0.29, 0.717) is 0 Å². The molecule has 0 aliphatic carbocycles. The average molecular weight is 274 g/mol. The Morgan fingerprint density at radius 2 is 1.53 bits per heavy atom. The molecular weight excluding hydrogens is 252 g/mol. The summed E-state index contributed by atoms with van der Waals surface area (Å²) in [6.45, 7) is 6.11. The van der Waals surface area contributed by atoms with Crippen LogP contribution >= 0.6 is 0 Å². The van der Waals surface area contributed by atoms with Crippen molar-refractivity contribution in [3.05, 3.63) is 0 Å². The predicted molar refractivity (Wildman–Crippen MR) is 68.4 cm³/mol. The lowest BCUT2D eigenvalue weighted by atomic mass is 9.92. The Hall–Kier alpha value is -1.63. The van der Waals surface area contributed by atoms with Gasteiger partial charge in [0.05, 0.1) is 13.1 Å². The van der Waals surface area contributed by atoms with E-state index in [1.54, 1.807) is 0 Å². The Balaban J connectivity index is 4.01. The maximum absolute atomic E-state index is 11.4. The number of carbonyl (C=O) groups excluding carboxylic acids is 2. The van der Waals surface area contributed by atoms with Gasteiger partial charge >= 0.3 is 5.97 Å². The predicted octanol–water partition coefficient (Wildman–Crippen LogP) is -0.509. The molecule has 0 heterocycles. The quantitative estimate of drug-likeness (QED) is 0.520. The lowest BCUT2D eigenvalue weighted by Gasteiger charge is -2.19. The van der Waals surface area contributed by atoms with Crippen molar-refractivity contribution in [2.45, 2.75) is 39.7 Å². The van der Waals surface area contributed by atoms with Crippen LogP contribution in [0, 0.1) is 5.41 Å². The molecule has 7 nitrogen and oxygen atoms in total. The number of carboxylic acid groups (broad SMARTS) is 1. The number of amides is 2. The van der Waals surface area contributed by atoms with Gasteiger partial charge in [0.15, 0.2) is 5.60 Å². The van der Waals surface area contributed by atoms with Crippen molar-refractivity contribution in [3.63, 3.8) is 0 Å². The number of rotatable bonds is 6. The molecule has 0 aliphatic rings. The molecular formula is C12H22N2O5. The van der Waals surface area contributed by atoms with Crippen molar-refractivity contribution >= 4 is 17.8 Å². The van der Waals surface area contributed by atoms with Crippen molar-refractivity contribution in [3.8, 4) is 0 Å². The molecule has 0 aromatic rings. The first kappa shape index (κ1) is 17.4. The molecule has 1 unspecified atom stereocenters. The topological polar surface area (TPSA) is 116 Å². The molecule has 7 heteroatoms. The van der Waals surface area contributed by atoms with Gasteiger partial charge in [-0.3, -0.25) is 9.59 Å². The second kappa shape index (κ2) is 6.51. The number of carboxylic acids is 1. The summed E-state index contributed by atoms with van der Waals surface area (Å²) >= 11 is 0. The fourth-order valence-corrected chi connectivity index (χ4v) is 1.13. The maximum Gasteiger partial charge on any atom is 0.337 e. The van der Waals surface area contributed by atoms with E-state index in [1.807, 2.05) is 20.8 Å². The zero-order chi connectivity index (χ0) is 15.3. The summed E-state index contributed by atoms with van der Waals surface area (Å²) in [5.74, 6) is -2.24. The van der Waals surface area contributed by atoms with E-state index >= 15 is 0 Å². The highest BCUT2D eigenvalue weighted by Gasteiger charge is 2.30. The highest BCUT2D eigenvalue weighted by molar-refractivity contribution is 5.85. The summed E-state index contributed by atoms with van der Waals surface area (Å²) in [6.07, 6.45) is 0.285. The third kappa shape index (κ3) is 8.15. The summed E-state index contributed by atoms with van der Waals surface area (Å²) in [5, 5.41) is 22.7. The normalized spacial score (nSPS) is 14.4. The smallest absolute Gasteiger partial charge is 0.337 e. The highest BCUT2D eigenvalue weighted by Crippen LogP contribution is 2.17. The van der Waals surface area contributed by atoms with Crippen molar-refractivity contribution in [1.29, 1.82) is 0 Å². The summed E-state index contributed by atoms with van der Waals surface area (Å²) in [6, 6.07) is 0. The molecule has 4 N–H and O–H groups in total. The zero-order valence-corrected chi connectivity index (χ0v) is 11.7. The van der Waals surface area contributed by atoms with Crippen molar-refractivity contribution in [2.24, 2.45) is 5.41 Å². The first-order chi connectivity index (χ1) is 8.44. The van der Waals surface area contributed by atoms with E-state index in [1.165, 1.54) is 0 Å². The summed E-state index contributed by atoms with van der Waals surface area (Å²) < 4.78 is 0. The van der Waals surface area contributed by atoms with Crippen molar-refractivity contribution < 1.29 is 24.6 Å². The first-order valence-electron chi connectivity index (χ1n) is 5.93. The van der Waals surface area contributed by atoms with Gasteiger partial charge < -0.3 is 20.8 Å². The van der Waals surface area contributed by atoms with Crippen LogP contribution in [-0.4, -0.2) is 46.7 Å². The largest absolute Gasteiger partial charge is 0.479 e. The van der Waals surface area contributed by atoms with Crippen LogP contribution in [0.3, 0.4) is 0 Å². The number of carbonyl (C=O) groups is 3. The first-order valence-corrected chi connectivity index (χ1v) is 5.93. The molecule has 0 rings (SSSR count). The minimum absolute atomic E-state index is 0.173. The van der Waals surface area contributed by atoms with Crippen LogP contribution in [0.4, 0.5) is 0 Å². The van der Waals surface area contributed by atoms with Gasteiger partial charge in [-0.1, -0.05) is 20.8 Å². The highest BCUT2D eigenvalue weighted by atomic mass is 16.4.